The molecule has 1 saturated carbocycles. The Kier molecular flexibility index (Phi) is 2.07. The van der Waals surface area contributed by atoms with Gasteiger partial charge in [0.15, 0.2) is 0 Å². The highest BCUT2D eigenvalue weighted by Gasteiger charge is 2.42. The van der Waals surface area contributed by atoms with Gasteiger partial charge in [-0.3, -0.25) is 0 Å². The van der Waals surface area contributed by atoms with Crippen LogP contribution >= 0.6 is 0 Å². The van der Waals surface area contributed by atoms with Crippen molar-refractivity contribution in [3.05, 3.63) is 72.2 Å². The second-order valence-electron chi connectivity index (χ2n) is 5.03. The van der Waals surface area contributed by atoms with E-state index in [0.717, 1.165) is 5.76 Å². The molecular formula is C17H14O. The van der Waals surface area contributed by atoms with Gasteiger partial charge in [-0.1, -0.05) is 42.5 Å². The minimum atomic E-state index is 0.575. The molecule has 1 heteroatoms. The lowest BCUT2D eigenvalue weighted by molar-refractivity contribution is 0.509. The summed E-state index contributed by atoms with van der Waals surface area (Å²) in [6.07, 6.45) is 2.98. The first-order valence-electron chi connectivity index (χ1n) is 6.44. The number of furan rings is 1. The number of hydrogen-bond donors (Lipinski definition) is 0. The first-order valence-corrected chi connectivity index (χ1v) is 6.44. The molecule has 3 aromatic rings. The molecular weight excluding hydrogens is 220 g/mol. The molecule has 2 unspecified atom stereocenters. The fraction of sp³-hybridized carbons (Fsp3) is 0.176. The van der Waals surface area contributed by atoms with Crippen LogP contribution in [-0.2, 0) is 0 Å². The van der Waals surface area contributed by atoms with Crippen LogP contribution in [0.25, 0.3) is 10.8 Å². The van der Waals surface area contributed by atoms with Crippen LogP contribution in [0.3, 0.4) is 0 Å². The summed E-state index contributed by atoms with van der Waals surface area (Å²) in [4.78, 5) is 0. The maximum Gasteiger partial charge on any atom is 0.107 e. The van der Waals surface area contributed by atoms with Crippen molar-refractivity contribution in [3.63, 3.8) is 0 Å². The van der Waals surface area contributed by atoms with Gasteiger partial charge in [-0.15, -0.1) is 0 Å². The van der Waals surface area contributed by atoms with Crippen LogP contribution < -0.4 is 0 Å². The van der Waals surface area contributed by atoms with Gasteiger partial charge in [-0.25, -0.2) is 0 Å². The third kappa shape index (κ3) is 1.47. The fourth-order valence-corrected chi connectivity index (χ4v) is 2.93. The van der Waals surface area contributed by atoms with Gasteiger partial charge in [-0.05, 0) is 40.8 Å². The zero-order valence-corrected chi connectivity index (χ0v) is 10.0. The molecule has 0 radical (unpaired) electrons. The van der Waals surface area contributed by atoms with Crippen LogP contribution in [0.4, 0.5) is 0 Å². The Morgan fingerprint density at radius 3 is 2.61 bits per heavy atom. The van der Waals surface area contributed by atoms with Crippen molar-refractivity contribution in [2.24, 2.45) is 0 Å². The molecule has 0 spiro atoms. The van der Waals surface area contributed by atoms with Crippen molar-refractivity contribution >= 4 is 10.8 Å². The Balaban J connectivity index is 1.77. The number of benzene rings is 2. The van der Waals surface area contributed by atoms with Crippen molar-refractivity contribution < 1.29 is 4.42 Å². The predicted octanol–water partition coefficient (Wildman–Crippen LogP) is 4.70. The molecule has 1 aliphatic rings. The number of hydrogen-bond acceptors (Lipinski definition) is 1. The maximum atomic E-state index is 5.52. The maximum absolute atomic E-state index is 5.52. The summed E-state index contributed by atoms with van der Waals surface area (Å²) >= 11 is 0. The molecule has 1 aliphatic carbocycles. The van der Waals surface area contributed by atoms with Crippen molar-refractivity contribution in [2.75, 3.05) is 0 Å². The van der Waals surface area contributed by atoms with Crippen molar-refractivity contribution in [3.8, 4) is 0 Å². The van der Waals surface area contributed by atoms with Crippen LogP contribution in [0, 0.1) is 0 Å². The zero-order chi connectivity index (χ0) is 11.9. The van der Waals surface area contributed by atoms with E-state index < -0.39 is 0 Å². The Morgan fingerprint density at radius 2 is 1.72 bits per heavy atom. The van der Waals surface area contributed by atoms with Gasteiger partial charge in [0.25, 0.3) is 0 Å². The van der Waals surface area contributed by atoms with Gasteiger partial charge in [0.1, 0.15) is 5.76 Å². The monoisotopic (exact) mass is 234 g/mol. The van der Waals surface area contributed by atoms with Crippen molar-refractivity contribution in [1.82, 2.24) is 0 Å². The quantitative estimate of drug-likeness (QED) is 0.626. The summed E-state index contributed by atoms with van der Waals surface area (Å²) in [7, 11) is 0. The van der Waals surface area contributed by atoms with E-state index in [4.69, 9.17) is 4.42 Å². The smallest absolute Gasteiger partial charge is 0.107 e. The van der Waals surface area contributed by atoms with Gasteiger partial charge in [-0.2, -0.15) is 0 Å². The lowest BCUT2D eigenvalue weighted by atomic mass is 10.00. The van der Waals surface area contributed by atoms with Crippen LogP contribution in [0.2, 0.25) is 0 Å². The highest BCUT2D eigenvalue weighted by Crippen LogP contribution is 2.55. The third-order valence-corrected chi connectivity index (χ3v) is 3.92. The normalized spacial score (nSPS) is 22.2. The Bertz CT molecular complexity index is 676. The van der Waals surface area contributed by atoms with Crippen LogP contribution in [0.1, 0.15) is 29.6 Å². The molecule has 1 fully saturated rings. The van der Waals surface area contributed by atoms with Gasteiger partial charge < -0.3 is 4.42 Å². The minimum Gasteiger partial charge on any atom is -0.469 e. The van der Waals surface area contributed by atoms with E-state index in [1.807, 2.05) is 6.07 Å². The molecule has 1 heterocycles. The molecule has 18 heavy (non-hydrogen) atoms. The van der Waals surface area contributed by atoms with Crippen LogP contribution in [0.5, 0.6) is 0 Å². The number of rotatable bonds is 2. The van der Waals surface area contributed by atoms with E-state index in [1.54, 1.807) is 6.26 Å². The highest BCUT2D eigenvalue weighted by atomic mass is 16.3. The Labute approximate surface area is 106 Å². The first-order chi connectivity index (χ1) is 8.93. The van der Waals surface area contributed by atoms with Gasteiger partial charge >= 0.3 is 0 Å². The average molecular weight is 234 g/mol. The Morgan fingerprint density at radius 1 is 0.833 bits per heavy atom. The summed E-state index contributed by atoms with van der Waals surface area (Å²) in [5.74, 6) is 2.33. The van der Waals surface area contributed by atoms with E-state index in [1.165, 1.54) is 22.8 Å². The summed E-state index contributed by atoms with van der Waals surface area (Å²) < 4.78 is 5.52. The van der Waals surface area contributed by atoms with E-state index in [0.29, 0.717) is 11.8 Å². The van der Waals surface area contributed by atoms with Crippen LogP contribution in [0.15, 0.2) is 65.3 Å². The average Bonchev–Trinajstić information content (AvgIpc) is 3.03. The largest absolute Gasteiger partial charge is 0.469 e. The Hall–Kier alpha value is -2.02. The summed E-state index contributed by atoms with van der Waals surface area (Å²) in [6, 6.07) is 19.3. The van der Waals surface area contributed by atoms with Crippen molar-refractivity contribution in [2.45, 2.75) is 18.3 Å². The number of fused-ring (bicyclic) bond motifs is 1. The SMILES string of the molecule is c1coc(C2CC2c2cccc3ccccc23)c1. The minimum absolute atomic E-state index is 0.575. The molecule has 1 aromatic heterocycles. The lowest BCUT2D eigenvalue weighted by Crippen LogP contribution is -1.85. The topological polar surface area (TPSA) is 13.1 Å². The molecule has 0 N–H and O–H groups in total. The zero-order valence-electron chi connectivity index (χ0n) is 10.0. The van der Waals surface area contributed by atoms with Gasteiger partial charge in [0.05, 0.1) is 6.26 Å². The van der Waals surface area contributed by atoms with E-state index in [9.17, 15) is 0 Å². The van der Waals surface area contributed by atoms with Crippen LogP contribution in [-0.4, -0.2) is 0 Å². The van der Waals surface area contributed by atoms with Crippen molar-refractivity contribution in [1.29, 1.82) is 0 Å². The molecule has 2 atom stereocenters. The van der Waals surface area contributed by atoms with E-state index in [2.05, 4.69) is 48.5 Å². The molecule has 2 aromatic carbocycles. The fourth-order valence-electron chi connectivity index (χ4n) is 2.93. The second-order valence-corrected chi connectivity index (χ2v) is 5.03. The lowest BCUT2D eigenvalue weighted by Gasteiger charge is -2.05. The third-order valence-electron chi connectivity index (χ3n) is 3.92. The van der Waals surface area contributed by atoms with E-state index >= 15 is 0 Å². The van der Waals surface area contributed by atoms with Gasteiger partial charge in [0.2, 0.25) is 0 Å². The molecule has 0 amide bonds. The molecule has 0 bridgehead atoms. The summed E-state index contributed by atoms with van der Waals surface area (Å²) in [6.45, 7) is 0. The molecule has 0 saturated heterocycles. The highest BCUT2D eigenvalue weighted by molar-refractivity contribution is 5.86. The summed E-state index contributed by atoms with van der Waals surface area (Å²) in [5.41, 5.74) is 1.47. The second kappa shape index (κ2) is 3.74. The first kappa shape index (κ1) is 9.95. The van der Waals surface area contributed by atoms with Gasteiger partial charge in [0, 0.05) is 5.92 Å². The standard InChI is InChI=1S/C17H14O/c1-2-7-13-12(5-1)6-3-8-14(13)15-11-16(15)17-9-4-10-18-17/h1-10,15-16H,11H2. The predicted molar refractivity (Wildman–Crippen MR) is 72.8 cm³/mol. The molecule has 0 aliphatic heterocycles. The molecule has 4 rings (SSSR count). The summed E-state index contributed by atoms with van der Waals surface area (Å²) in [5, 5.41) is 2.72. The molecule has 88 valence electrons. The van der Waals surface area contributed by atoms with E-state index in [-0.39, 0.29) is 0 Å². The molecule has 1 nitrogen and oxygen atoms in total.